The molecule has 0 saturated heterocycles. The van der Waals surface area contributed by atoms with Crippen LogP contribution in [0.5, 0.6) is 5.75 Å². The lowest BCUT2D eigenvalue weighted by atomic mass is 9.99. The molecule has 1 heterocycles. The molecule has 1 amide bonds. The van der Waals surface area contributed by atoms with Gasteiger partial charge in [0.05, 0.1) is 13.4 Å². The summed E-state index contributed by atoms with van der Waals surface area (Å²) in [5.41, 5.74) is 5.54. The van der Waals surface area contributed by atoms with Gasteiger partial charge < -0.3 is 14.5 Å². The minimum absolute atomic E-state index is 0.235. The molecule has 0 atom stereocenters. The number of halogens is 2. The predicted octanol–water partition coefficient (Wildman–Crippen LogP) is 7.36. The van der Waals surface area contributed by atoms with Gasteiger partial charge in [0, 0.05) is 38.8 Å². The van der Waals surface area contributed by atoms with Crippen molar-refractivity contribution in [3.8, 4) is 16.9 Å². The lowest BCUT2D eigenvalue weighted by Crippen LogP contribution is -2.09. The summed E-state index contributed by atoms with van der Waals surface area (Å²) in [5, 5.41) is 3.77. The molecule has 0 aliphatic carbocycles. The van der Waals surface area contributed by atoms with Crippen molar-refractivity contribution in [1.29, 1.82) is 0 Å². The number of hydrogen-bond donors (Lipinski definition) is 1. The zero-order valence-electron chi connectivity index (χ0n) is 17.8. The average molecular weight is 494 g/mol. The number of hydrogen-bond acceptors (Lipinski definition) is 3. The van der Waals surface area contributed by atoms with Crippen LogP contribution in [0, 0.1) is 12.7 Å². The van der Waals surface area contributed by atoms with Crippen molar-refractivity contribution in [2.24, 2.45) is 0 Å². The maximum Gasteiger partial charge on any atom is 0.248 e. The van der Waals surface area contributed by atoms with E-state index >= 15 is 0 Å². The highest BCUT2D eigenvalue weighted by Crippen LogP contribution is 2.37. The monoisotopic (exact) mass is 493 g/mol. The molecular weight excluding hydrogens is 473 g/mol. The van der Waals surface area contributed by atoms with E-state index in [1.54, 1.807) is 37.6 Å². The largest absolute Gasteiger partial charge is 0.496 e. The van der Waals surface area contributed by atoms with Crippen LogP contribution in [0.3, 0.4) is 0 Å². The number of rotatable bonds is 5. The molecule has 32 heavy (non-hydrogen) atoms. The van der Waals surface area contributed by atoms with Gasteiger partial charge in [-0.25, -0.2) is 4.39 Å². The summed E-state index contributed by atoms with van der Waals surface area (Å²) in [6.07, 6.45) is 3.19. The quantitative estimate of drug-likeness (QED) is 0.295. The molecule has 0 radical (unpaired) electrons. The first kappa shape index (κ1) is 21.8. The lowest BCUT2D eigenvalue weighted by Gasteiger charge is -2.11. The molecule has 0 saturated carbocycles. The summed E-state index contributed by atoms with van der Waals surface area (Å²) in [5.74, 6) is 0.0645. The summed E-state index contributed by atoms with van der Waals surface area (Å²) in [4.78, 5) is 12.7. The first-order chi connectivity index (χ1) is 15.4. The Bertz CT molecular complexity index is 1340. The molecule has 0 aliphatic heterocycles. The molecule has 0 spiro atoms. The maximum atomic E-state index is 13.3. The molecule has 4 rings (SSSR count). The number of fused-ring (bicyclic) bond motifs is 1. The Kier molecular flexibility index (Phi) is 6.15. The first-order valence-corrected chi connectivity index (χ1v) is 10.8. The van der Waals surface area contributed by atoms with Crippen molar-refractivity contribution in [1.82, 2.24) is 0 Å². The van der Waals surface area contributed by atoms with E-state index in [4.69, 9.17) is 9.15 Å². The molecule has 3 aromatic carbocycles. The predicted molar refractivity (Wildman–Crippen MR) is 129 cm³/mol. The Morgan fingerprint density at radius 3 is 2.56 bits per heavy atom. The fourth-order valence-corrected chi connectivity index (χ4v) is 4.07. The van der Waals surface area contributed by atoms with Crippen LogP contribution in [-0.2, 0) is 4.79 Å². The van der Waals surface area contributed by atoms with Crippen LogP contribution in [0.1, 0.15) is 18.1 Å². The number of ether oxygens (including phenoxy) is 1. The maximum absolute atomic E-state index is 13.3. The molecule has 0 fully saturated rings. The number of anilines is 1. The van der Waals surface area contributed by atoms with E-state index in [1.165, 1.54) is 12.1 Å². The zero-order valence-corrected chi connectivity index (χ0v) is 19.4. The van der Waals surface area contributed by atoms with Gasteiger partial charge in [-0.3, -0.25) is 4.79 Å². The summed E-state index contributed by atoms with van der Waals surface area (Å²) >= 11 is 3.43. The number of nitrogens with one attached hydrogen (secondary N) is 1. The second kappa shape index (κ2) is 9.01. The Balaban J connectivity index is 1.70. The SMILES string of the molecule is COc1cc2occ(-c3ccc(F)cc3)c2cc1/C(C)=C/C(=O)Nc1ccc(Br)cc1C. The molecule has 0 unspecified atom stereocenters. The highest BCUT2D eigenvalue weighted by molar-refractivity contribution is 9.10. The van der Waals surface area contributed by atoms with Crippen molar-refractivity contribution in [2.45, 2.75) is 13.8 Å². The average Bonchev–Trinajstić information content (AvgIpc) is 3.18. The number of carbonyl (C=O) groups is 1. The number of allylic oxidation sites excluding steroid dienone is 1. The van der Waals surface area contributed by atoms with Crippen molar-refractivity contribution < 1.29 is 18.3 Å². The van der Waals surface area contributed by atoms with E-state index in [-0.39, 0.29) is 11.7 Å². The third kappa shape index (κ3) is 4.46. The number of furan rings is 1. The smallest absolute Gasteiger partial charge is 0.248 e. The number of carbonyl (C=O) groups excluding carboxylic acids is 1. The molecule has 0 aliphatic rings. The minimum Gasteiger partial charge on any atom is -0.496 e. The summed E-state index contributed by atoms with van der Waals surface area (Å²) in [6.45, 7) is 3.79. The highest BCUT2D eigenvalue weighted by Gasteiger charge is 2.15. The van der Waals surface area contributed by atoms with Crippen LogP contribution in [0.25, 0.3) is 27.7 Å². The number of methoxy groups -OCH3 is 1. The first-order valence-electron chi connectivity index (χ1n) is 9.96. The molecular formula is C26H21BrFNO3. The van der Waals surface area contributed by atoms with Gasteiger partial charge in [-0.05, 0) is 66.9 Å². The van der Waals surface area contributed by atoms with Gasteiger partial charge >= 0.3 is 0 Å². The Hall–Kier alpha value is -3.38. The molecule has 4 aromatic rings. The van der Waals surface area contributed by atoms with Crippen LogP contribution in [-0.4, -0.2) is 13.0 Å². The number of aryl methyl sites for hydroxylation is 1. The number of amides is 1. The van der Waals surface area contributed by atoms with Crippen LogP contribution < -0.4 is 10.1 Å². The van der Waals surface area contributed by atoms with Gasteiger partial charge in [0.15, 0.2) is 0 Å². The second-order valence-corrected chi connectivity index (χ2v) is 8.40. The third-order valence-electron chi connectivity index (χ3n) is 5.27. The second-order valence-electron chi connectivity index (χ2n) is 7.48. The molecule has 162 valence electrons. The van der Waals surface area contributed by atoms with E-state index < -0.39 is 0 Å². The third-order valence-corrected chi connectivity index (χ3v) is 5.76. The van der Waals surface area contributed by atoms with Crippen LogP contribution in [0.2, 0.25) is 0 Å². The Morgan fingerprint density at radius 1 is 1.12 bits per heavy atom. The van der Waals surface area contributed by atoms with Gasteiger partial charge in [0.2, 0.25) is 5.91 Å². The summed E-state index contributed by atoms with van der Waals surface area (Å²) < 4.78 is 25.6. The summed E-state index contributed by atoms with van der Waals surface area (Å²) in [7, 11) is 1.58. The van der Waals surface area contributed by atoms with E-state index in [0.29, 0.717) is 11.3 Å². The van der Waals surface area contributed by atoms with Gasteiger partial charge in [0.1, 0.15) is 17.1 Å². The minimum atomic E-state index is -0.297. The van der Waals surface area contributed by atoms with E-state index in [1.807, 2.05) is 38.1 Å². The fourth-order valence-electron chi connectivity index (χ4n) is 3.60. The normalized spacial score (nSPS) is 11.6. The van der Waals surface area contributed by atoms with Gasteiger partial charge in [-0.2, -0.15) is 0 Å². The van der Waals surface area contributed by atoms with Crippen molar-refractivity contribution >= 4 is 44.1 Å². The fraction of sp³-hybridized carbons (Fsp3) is 0.115. The van der Waals surface area contributed by atoms with Crippen LogP contribution in [0.4, 0.5) is 10.1 Å². The van der Waals surface area contributed by atoms with Gasteiger partial charge in [-0.15, -0.1) is 0 Å². The molecule has 6 heteroatoms. The van der Waals surface area contributed by atoms with Crippen LogP contribution in [0.15, 0.2) is 75.8 Å². The van der Waals surface area contributed by atoms with E-state index in [9.17, 15) is 9.18 Å². The van der Waals surface area contributed by atoms with Crippen molar-refractivity contribution in [2.75, 3.05) is 12.4 Å². The van der Waals surface area contributed by atoms with E-state index in [2.05, 4.69) is 21.2 Å². The van der Waals surface area contributed by atoms with Crippen molar-refractivity contribution in [3.63, 3.8) is 0 Å². The molecule has 1 aromatic heterocycles. The summed E-state index contributed by atoms with van der Waals surface area (Å²) in [6, 6.07) is 15.7. The topological polar surface area (TPSA) is 51.5 Å². The van der Waals surface area contributed by atoms with Gasteiger partial charge in [0.25, 0.3) is 0 Å². The standard InChI is InChI=1S/C26H21BrFNO3/c1-15(11-26(30)29-23-9-6-18(27)10-16(23)2)20-12-21-22(17-4-7-19(28)8-5-17)14-32-25(21)13-24(20)31-3/h4-14H,1-3H3,(H,29,30)/b15-11+. The molecule has 4 nitrogen and oxygen atoms in total. The lowest BCUT2D eigenvalue weighted by molar-refractivity contribution is -0.111. The molecule has 1 N–H and O–H groups in total. The van der Waals surface area contributed by atoms with Crippen LogP contribution >= 0.6 is 15.9 Å². The van der Waals surface area contributed by atoms with E-state index in [0.717, 1.165) is 43.4 Å². The van der Waals surface area contributed by atoms with Gasteiger partial charge in [-0.1, -0.05) is 28.1 Å². The molecule has 0 bridgehead atoms. The number of benzene rings is 3. The Morgan fingerprint density at radius 2 is 1.88 bits per heavy atom. The Labute approximate surface area is 193 Å². The van der Waals surface area contributed by atoms with Crippen molar-refractivity contribution in [3.05, 3.63) is 88.4 Å². The highest BCUT2D eigenvalue weighted by atomic mass is 79.9. The zero-order chi connectivity index (χ0) is 22.8.